The molecule has 5 heteroatoms. The molecule has 0 amide bonds. The Balaban J connectivity index is 1.47. The first-order chi connectivity index (χ1) is 9.38. The maximum Gasteiger partial charge on any atom is 0.257 e. The van der Waals surface area contributed by atoms with E-state index in [1.807, 2.05) is 0 Å². The second-order valence-corrected chi connectivity index (χ2v) is 6.41. The van der Waals surface area contributed by atoms with E-state index in [1.165, 1.54) is 49.0 Å². The molecule has 100 valence electrons. The smallest absolute Gasteiger partial charge is 0.257 e. The standard InChI is InChI=1S/C14H16N2O2S/c1-3-9-7-12(19-11(9)6-1)14-16-15-13(18-14)8-17-10-4-2-5-10/h7,10H,1-6,8H2. The van der Waals surface area contributed by atoms with Crippen molar-refractivity contribution < 1.29 is 9.15 Å². The van der Waals surface area contributed by atoms with Crippen LogP contribution < -0.4 is 0 Å². The van der Waals surface area contributed by atoms with E-state index in [0.717, 1.165) is 4.88 Å². The second kappa shape index (κ2) is 4.72. The monoisotopic (exact) mass is 276 g/mol. The molecule has 0 aliphatic heterocycles. The lowest BCUT2D eigenvalue weighted by atomic mass is 9.96. The van der Waals surface area contributed by atoms with Gasteiger partial charge in [-0.2, -0.15) is 0 Å². The van der Waals surface area contributed by atoms with Crippen LogP contribution in [0.5, 0.6) is 0 Å². The lowest BCUT2D eigenvalue weighted by Crippen LogP contribution is -2.21. The number of rotatable bonds is 4. The highest BCUT2D eigenvalue weighted by Gasteiger charge is 2.21. The quantitative estimate of drug-likeness (QED) is 0.859. The summed E-state index contributed by atoms with van der Waals surface area (Å²) in [5.41, 5.74) is 1.46. The lowest BCUT2D eigenvalue weighted by Gasteiger charge is -2.24. The van der Waals surface area contributed by atoms with E-state index in [9.17, 15) is 0 Å². The summed E-state index contributed by atoms with van der Waals surface area (Å²) in [5.74, 6) is 1.24. The first-order valence-corrected chi connectivity index (χ1v) is 7.76. The largest absolute Gasteiger partial charge is 0.417 e. The van der Waals surface area contributed by atoms with Gasteiger partial charge in [0.2, 0.25) is 5.89 Å². The van der Waals surface area contributed by atoms with Gasteiger partial charge in [-0.1, -0.05) is 0 Å². The maximum absolute atomic E-state index is 5.69. The summed E-state index contributed by atoms with van der Waals surface area (Å²) in [6.45, 7) is 0.447. The zero-order chi connectivity index (χ0) is 12.7. The molecule has 0 atom stereocenters. The molecule has 0 unspecified atom stereocenters. The van der Waals surface area contributed by atoms with E-state index in [2.05, 4.69) is 16.3 Å². The van der Waals surface area contributed by atoms with E-state index in [0.29, 0.717) is 24.5 Å². The van der Waals surface area contributed by atoms with Crippen molar-refractivity contribution in [1.29, 1.82) is 0 Å². The molecule has 4 nitrogen and oxygen atoms in total. The SMILES string of the molecule is c1c(-c2nnc(COC3CCC3)o2)sc2c1CCC2. The zero-order valence-electron chi connectivity index (χ0n) is 10.7. The summed E-state index contributed by atoms with van der Waals surface area (Å²) in [5, 5.41) is 8.21. The van der Waals surface area contributed by atoms with Gasteiger partial charge in [0.25, 0.3) is 5.89 Å². The number of fused-ring (bicyclic) bond motifs is 1. The highest BCUT2D eigenvalue weighted by atomic mass is 32.1. The number of aromatic nitrogens is 2. The summed E-state index contributed by atoms with van der Waals surface area (Å²) in [4.78, 5) is 2.59. The number of thiophene rings is 1. The van der Waals surface area contributed by atoms with E-state index in [1.54, 1.807) is 11.3 Å². The molecule has 0 bridgehead atoms. The van der Waals surface area contributed by atoms with Crippen LogP contribution in [0.1, 0.15) is 42.0 Å². The van der Waals surface area contributed by atoms with E-state index in [4.69, 9.17) is 9.15 Å². The molecular weight excluding hydrogens is 260 g/mol. The molecule has 1 fully saturated rings. The summed E-state index contributed by atoms with van der Waals surface area (Å²) in [6, 6.07) is 2.21. The second-order valence-electron chi connectivity index (χ2n) is 5.28. The number of hydrogen-bond donors (Lipinski definition) is 0. The van der Waals surface area contributed by atoms with Crippen LogP contribution in [0.2, 0.25) is 0 Å². The predicted octanol–water partition coefficient (Wildman–Crippen LogP) is 3.36. The van der Waals surface area contributed by atoms with Crippen molar-refractivity contribution in [3.05, 3.63) is 22.4 Å². The first kappa shape index (κ1) is 11.6. The molecule has 19 heavy (non-hydrogen) atoms. The minimum absolute atomic E-state index is 0.404. The Labute approximate surface area is 115 Å². The average Bonchev–Trinajstić information content (AvgIpc) is 2.99. The van der Waals surface area contributed by atoms with Gasteiger partial charge in [-0.3, -0.25) is 0 Å². The van der Waals surface area contributed by atoms with Crippen LogP contribution in [0, 0.1) is 0 Å². The normalized spacial score (nSPS) is 18.5. The zero-order valence-corrected chi connectivity index (χ0v) is 11.5. The van der Waals surface area contributed by atoms with Gasteiger partial charge in [-0.15, -0.1) is 21.5 Å². The fraction of sp³-hybridized carbons (Fsp3) is 0.571. The van der Waals surface area contributed by atoms with Crippen molar-refractivity contribution in [1.82, 2.24) is 10.2 Å². The van der Waals surface area contributed by atoms with Crippen LogP contribution in [0.25, 0.3) is 10.8 Å². The Bertz CT molecular complexity index is 565. The van der Waals surface area contributed by atoms with E-state index >= 15 is 0 Å². The van der Waals surface area contributed by atoms with Gasteiger partial charge < -0.3 is 9.15 Å². The molecule has 0 radical (unpaired) electrons. The Morgan fingerprint density at radius 3 is 3.00 bits per heavy atom. The average molecular weight is 276 g/mol. The van der Waals surface area contributed by atoms with E-state index in [-0.39, 0.29) is 0 Å². The molecule has 4 rings (SSSR count). The maximum atomic E-state index is 5.69. The van der Waals surface area contributed by atoms with Crippen molar-refractivity contribution >= 4 is 11.3 Å². The summed E-state index contributed by atoms with van der Waals surface area (Å²) < 4.78 is 11.4. The molecule has 2 aliphatic rings. The molecule has 1 saturated carbocycles. The van der Waals surface area contributed by atoms with Crippen LogP contribution >= 0.6 is 11.3 Å². The molecule has 0 aromatic carbocycles. The third kappa shape index (κ3) is 2.21. The number of nitrogens with zero attached hydrogens (tertiary/aromatic N) is 2. The highest BCUT2D eigenvalue weighted by Crippen LogP contribution is 2.36. The Hall–Kier alpha value is -1.20. The van der Waals surface area contributed by atoms with E-state index < -0.39 is 0 Å². The third-order valence-corrected chi connectivity index (χ3v) is 5.14. The van der Waals surface area contributed by atoms with Crippen LogP contribution in [0.4, 0.5) is 0 Å². The van der Waals surface area contributed by atoms with Gasteiger partial charge in [0, 0.05) is 4.88 Å². The molecule has 2 aromatic heterocycles. The molecule has 0 saturated heterocycles. The van der Waals surface area contributed by atoms with Gasteiger partial charge in [0.15, 0.2) is 0 Å². The highest BCUT2D eigenvalue weighted by molar-refractivity contribution is 7.15. The number of hydrogen-bond acceptors (Lipinski definition) is 5. The third-order valence-electron chi connectivity index (χ3n) is 3.92. The summed E-state index contributed by atoms with van der Waals surface area (Å²) >= 11 is 1.79. The Morgan fingerprint density at radius 2 is 2.21 bits per heavy atom. The molecule has 2 aromatic rings. The molecule has 0 N–H and O–H groups in total. The van der Waals surface area contributed by atoms with Crippen molar-refractivity contribution in [2.24, 2.45) is 0 Å². The van der Waals surface area contributed by atoms with Crippen LogP contribution in [-0.4, -0.2) is 16.3 Å². The van der Waals surface area contributed by atoms with Crippen LogP contribution in [-0.2, 0) is 24.2 Å². The Morgan fingerprint density at radius 1 is 1.26 bits per heavy atom. The van der Waals surface area contributed by atoms with Gasteiger partial charge in [-0.25, -0.2) is 0 Å². The van der Waals surface area contributed by atoms with Gasteiger partial charge in [0.05, 0.1) is 11.0 Å². The molecule has 2 aliphatic carbocycles. The molecular formula is C14H16N2O2S. The molecule has 2 heterocycles. The minimum Gasteiger partial charge on any atom is -0.417 e. The molecule has 0 spiro atoms. The summed E-state index contributed by atoms with van der Waals surface area (Å²) in [7, 11) is 0. The van der Waals surface area contributed by atoms with Gasteiger partial charge >= 0.3 is 0 Å². The van der Waals surface area contributed by atoms with Crippen LogP contribution in [0.3, 0.4) is 0 Å². The minimum atomic E-state index is 0.404. The van der Waals surface area contributed by atoms with Crippen LogP contribution in [0.15, 0.2) is 10.5 Å². The summed E-state index contributed by atoms with van der Waals surface area (Å²) in [6.07, 6.45) is 7.69. The lowest BCUT2D eigenvalue weighted by molar-refractivity contribution is -0.0174. The van der Waals surface area contributed by atoms with Crippen molar-refractivity contribution in [2.75, 3.05) is 0 Å². The van der Waals surface area contributed by atoms with Crippen molar-refractivity contribution in [2.45, 2.75) is 51.2 Å². The predicted molar refractivity (Wildman–Crippen MR) is 72.1 cm³/mol. The number of ether oxygens (including phenoxy) is 1. The number of aryl methyl sites for hydroxylation is 2. The Kier molecular flexibility index (Phi) is 2.89. The van der Waals surface area contributed by atoms with Crippen molar-refractivity contribution in [3.63, 3.8) is 0 Å². The topological polar surface area (TPSA) is 48.2 Å². The fourth-order valence-electron chi connectivity index (χ4n) is 2.57. The van der Waals surface area contributed by atoms with Crippen molar-refractivity contribution in [3.8, 4) is 10.8 Å². The first-order valence-electron chi connectivity index (χ1n) is 6.94. The fourth-order valence-corrected chi connectivity index (χ4v) is 3.75. The van der Waals surface area contributed by atoms with Gasteiger partial charge in [0.1, 0.15) is 6.61 Å². The van der Waals surface area contributed by atoms with Gasteiger partial charge in [-0.05, 0) is 50.2 Å².